The highest BCUT2D eigenvalue weighted by Crippen LogP contribution is 2.59. The number of hydrogen-bond acceptors (Lipinski definition) is 2. The van der Waals surface area contributed by atoms with Gasteiger partial charge in [-0.05, 0) is 6.42 Å². The van der Waals surface area contributed by atoms with Crippen LogP contribution in [0, 0.1) is 5.92 Å². The van der Waals surface area contributed by atoms with Crippen LogP contribution in [0.3, 0.4) is 0 Å². The maximum absolute atomic E-state index is 13.5. The van der Waals surface area contributed by atoms with Gasteiger partial charge >= 0.3 is 41.8 Å². The van der Waals surface area contributed by atoms with Gasteiger partial charge in [0.1, 0.15) is 0 Å². The molecule has 0 fully saturated rings. The highest BCUT2D eigenvalue weighted by molar-refractivity contribution is 6.34. The first kappa shape index (κ1) is 29.1. The molecule has 0 saturated heterocycles. The first-order valence-corrected chi connectivity index (χ1v) is 7.32. The Morgan fingerprint density at radius 3 is 1.39 bits per heavy atom. The first-order valence-electron chi connectivity index (χ1n) is 7.32. The van der Waals surface area contributed by atoms with E-state index in [0.29, 0.717) is 0 Å². The minimum Gasteiger partial charge on any atom is -0.475 e. The topological polar surface area (TPSA) is 54.4 Å². The molecule has 3 nitrogen and oxygen atoms in total. The third-order valence-corrected chi connectivity index (χ3v) is 3.90. The third-order valence-electron chi connectivity index (χ3n) is 3.90. The van der Waals surface area contributed by atoms with E-state index < -0.39 is 72.2 Å². The van der Waals surface area contributed by atoms with Gasteiger partial charge in [0, 0.05) is 0 Å². The zero-order chi connectivity index (χ0) is 25.6. The number of rotatable bonds is 10. The molecule has 0 aliphatic heterocycles. The summed E-state index contributed by atoms with van der Waals surface area (Å²) < 4.78 is 197. The van der Waals surface area contributed by atoms with E-state index in [1.165, 1.54) is 0 Å². The number of carbonyl (C=O) groups is 2. The average Bonchev–Trinajstić information content (AvgIpc) is 2.58. The number of carboxylic acid groups (broad SMARTS) is 1. The van der Waals surface area contributed by atoms with Crippen LogP contribution in [0.1, 0.15) is 13.3 Å². The van der Waals surface area contributed by atoms with Crippen LogP contribution >= 0.6 is 0 Å². The summed E-state index contributed by atoms with van der Waals surface area (Å²) in [5.74, 6) is -48.5. The van der Waals surface area contributed by atoms with Crippen molar-refractivity contribution in [1.82, 2.24) is 0 Å². The highest BCUT2D eigenvalue weighted by Gasteiger charge is 2.88. The molecule has 0 heterocycles. The summed E-state index contributed by atoms with van der Waals surface area (Å²) in [6.07, 6.45) is -18.7. The number of halogens is 15. The maximum Gasteiger partial charge on any atom is 0.391 e. The number of aliphatic carboxylic acids is 1. The Morgan fingerprint density at radius 2 is 1.06 bits per heavy atom. The van der Waals surface area contributed by atoms with Crippen molar-refractivity contribution >= 4 is 11.8 Å². The molecule has 1 N–H and O–H groups in total. The highest BCUT2D eigenvalue weighted by atomic mass is 19.4. The van der Waals surface area contributed by atoms with Crippen LogP contribution in [0.5, 0.6) is 0 Å². The standard InChI is InChI=1S/C13H9F15O3/c1-3(10(20,21)22)2-4(14)8(16,17)11(23,24)13(27,28)12(25,26)9(18,19)6(15)5(29)7(30)31/h3-4,6H,2H2,1H3,(H,30,31). The van der Waals surface area contributed by atoms with Crippen molar-refractivity contribution in [1.29, 1.82) is 0 Å². The van der Waals surface area contributed by atoms with E-state index in [1.54, 1.807) is 0 Å². The smallest absolute Gasteiger partial charge is 0.391 e. The van der Waals surface area contributed by atoms with Crippen molar-refractivity contribution in [3.8, 4) is 0 Å². The summed E-state index contributed by atoms with van der Waals surface area (Å²) in [5.41, 5.74) is 0. The summed E-state index contributed by atoms with van der Waals surface area (Å²) in [5, 5.41) is 7.93. The summed E-state index contributed by atoms with van der Waals surface area (Å²) in [6.45, 7) is -0.0904. The molecule has 0 aromatic rings. The van der Waals surface area contributed by atoms with E-state index in [4.69, 9.17) is 5.11 Å². The van der Waals surface area contributed by atoms with E-state index in [1.807, 2.05) is 0 Å². The molecule has 0 aromatic heterocycles. The minimum atomic E-state index is -8.11. The van der Waals surface area contributed by atoms with Crippen molar-refractivity contribution in [3.05, 3.63) is 0 Å². The molecule has 31 heavy (non-hydrogen) atoms. The Kier molecular flexibility index (Phi) is 7.71. The number of Topliss-reactive ketones (excluding diaryl/α,β-unsaturated/α-hetero) is 1. The van der Waals surface area contributed by atoms with E-state index in [-0.39, 0.29) is 6.92 Å². The monoisotopic (exact) mass is 498 g/mol. The van der Waals surface area contributed by atoms with Gasteiger partial charge in [-0.3, -0.25) is 4.79 Å². The SMILES string of the molecule is CC(CC(F)C(F)(F)C(F)(F)C(F)(F)C(F)(F)C(F)(F)C(F)C(=O)C(=O)O)C(F)(F)F. The van der Waals surface area contributed by atoms with Crippen molar-refractivity contribution in [2.24, 2.45) is 5.92 Å². The lowest BCUT2D eigenvalue weighted by Crippen LogP contribution is -2.71. The summed E-state index contributed by atoms with van der Waals surface area (Å²) >= 11 is 0. The molecule has 0 rings (SSSR count). The Bertz CT molecular complexity index is 684. The Morgan fingerprint density at radius 1 is 0.710 bits per heavy atom. The molecule has 0 aromatic carbocycles. The van der Waals surface area contributed by atoms with Crippen LogP contribution < -0.4 is 0 Å². The zero-order valence-electron chi connectivity index (χ0n) is 14.4. The van der Waals surface area contributed by atoms with Gasteiger partial charge in [-0.15, -0.1) is 0 Å². The van der Waals surface area contributed by atoms with Gasteiger partial charge < -0.3 is 5.11 Å². The predicted molar refractivity (Wildman–Crippen MR) is 67.0 cm³/mol. The normalized spacial score (nSPS) is 17.8. The summed E-state index contributed by atoms with van der Waals surface area (Å²) in [4.78, 5) is 20.5. The van der Waals surface area contributed by atoms with Crippen LogP contribution in [0.15, 0.2) is 0 Å². The lowest BCUT2D eigenvalue weighted by molar-refractivity contribution is -0.411. The second-order valence-electron chi connectivity index (χ2n) is 6.15. The summed E-state index contributed by atoms with van der Waals surface area (Å²) in [6, 6.07) is 0. The van der Waals surface area contributed by atoms with Crippen molar-refractivity contribution in [2.75, 3.05) is 0 Å². The van der Waals surface area contributed by atoms with Crippen LogP contribution in [-0.2, 0) is 9.59 Å². The molecule has 0 radical (unpaired) electrons. The number of carbonyl (C=O) groups excluding carboxylic acids is 1. The van der Waals surface area contributed by atoms with Crippen LogP contribution in [0.25, 0.3) is 0 Å². The third kappa shape index (κ3) is 4.65. The maximum atomic E-state index is 13.5. The van der Waals surface area contributed by atoms with Gasteiger partial charge in [0.05, 0.1) is 5.92 Å². The molecule has 3 atom stereocenters. The molecule has 0 bridgehead atoms. The number of alkyl halides is 15. The number of ketones is 1. The first-order chi connectivity index (χ1) is 13.3. The largest absolute Gasteiger partial charge is 0.475 e. The van der Waals surface area contributed by atoms with Crippen LogP contribution in [-0.4, -0.2) is 65.0 Å². The van der Waals surface area contributed by atoms with Gasteiger partial charge in [-0.2, -0.15) is 57.1 Å². The fraction of sp³-hybridized carbons (Fsp3) is 0.846. The van der Waals surface area contributed by atoms with Crippen LogP contribution in [0.4, 0.5) is 65.9 Å². The molecule has 0 aliphatic rings. The minimum absolute atomic E-state index is 0.0904. The zero-order valence-corrected chi connectivity index (χ0v) is 14.4. The van der Waals surface area contributed by atoms with Crippen molar-refractivity contribution in [3.63, 3.8) is 0 Å². The van der Waals surface area contributed by atoms with Gasteiger partial charge in [-0.1, -0.05) is 6.92 Å². The van der Waals surface area contributed by atoms with Crippen molar-refractivity contribution < 1.29 is 80.6 Å². The quantitative estimate of drug-likeness (QED) is 0.338. The molecule has 0 saturated carbocycles. The van der Waals surface area contributed by atoms with E-state index in [9.17, 15) is 75.4 Å². The second-order valence-corrected chi connectivity index (χ2v) is 6.15. The van der Waals surface area contributed by atoms with Crippen molar-refractivity contribution in [2.45, 2.75) is 61.5 Å². The Balaban J connectivity index is 6.30. The Hall–Kier alpha value is -1.91. The number of carboxylic acids is 1. The van der Waals surface area contributed by atoms with E-state index in [2.05, 4.69) is 0 Å². The predicted octanol–water partition coefficient (Wildman–Crippen LogP) is 5.08. The molecular weight excluding hydrogens is 489 g/mol. The van der Waals surface area contributed by atoms with Gasteiger partial charge in [0.15, 0.2) is 6.17 Å². The molecule has 0 aliphatic carbocycles. The molecule has 0 amide bonds. The molecular formula is C13H9F15O3. The molecule has 184 valence electrons. The number of hydrogen-bond donors (Lipinski definition) is 1. The fourth-order valence-corrected chi connectivity index (χ4v) is 1.84. The van der Waals surface area contributed by atoms with Gasteiger partial charge in [-0.25, -0.2) is 13.6 Å². The van der Waals surface area contributed by atoms with E-state index >= 15 is 0 Å². The fourth-order valence-electron chi connectivity index (χ4n) is 1.84. The lowest BCUT2D eigenvalue weighted by atomic mass is 9.87. The van der Waals surface area contributed by atoms with Crippen LogP contribution in [0.2, 0.25) is 0 Å². The second kappa shape index (κ2) is 8.22. The Labute approximate surface area is 161 Å². The molecule has 3 unspecified atom stereocenters. The van der Waals surface area contributed by atoms with E-state index in [0.717, 1.165) is 0 Å². The molecule has 0 spiro atoms. The average molecular weight is 498 g/mol. The summed E-state index contributed by atoms with van der Waals surface area (Å²) in [7, 11) is 0. The van der Waals surface area contributed by atoms with Gasteiger partial charge in [0.2, 0.25) is 6.17 Å². The lowest BCUT2D eigenvalue weighted by Gasteiger charge is -2.40. The molecule has 18 heteroatoms. The van der Waals surface area contributed by atoms with Gasteiger partial charge in [0.25, 0.3) is 5.78 Å².